The third-order valence-electron chi connectivity index (χ3n) is 2.67. The number of nitrogen functional groups attached to an aromatic ring is 1. The smallest absolute Gasteiger partial charge is 0.180 e. The maximum atomic E-state index is 5.91. The molecule has 1 aliphatic carbocycles. The van der Waals surface area contributed by atoms with Gasteiger partial charge in [0.15, 0.2) is 5.13 Å². The summed E-state index contributed by atoms with van der Waals surface area (Å²) in [6, 6.07) is 0.363. The topological polar surface area (TPSA) is 64.9 Å². The van der Waals surface area contributed by atoms with Crippen molar-refractivity contribution in [2.24, 2.45) is 5.73 Å². The molecule has 0 radical (unpaired) electrons. The molecule has 13 heavy (non-hydrogen) atoms. The normalized spacial score (nSPS) is 29.0. The molecule has 0 aromatic carbocycles. The molecule has 1 aliphatic rings. The highest BCUT2D eigenvalue weighted by Crippen LogP contribution is 2.32. The van der Waals surface area contributed by atoms with Crippen LogP contribution in [0.3, 0.4) is 0 Å². The minimum atomic E-state index is 0.363. The van der Waals surface area contributed by atoms with Gasteiger partial charge >= 0.3 is 0 Å². The molecule has 0 amide bonds. The summed E-state index contributed by atoms with van der Waals surface area (Å²) in [5, 5.41) is 2.74. The number of nitrogens with two attached hydrogens (primary N) is 2. The molecule has 0 saturated heterocycles. The lowest BCUT2D eigenvalue weighted by Gasteiger charge is -2.25. The second-order valence-corrected chi connectivity index (χ2v) is 4.62. The predicted octanol–water partition coefficient (Wildman–Crippen LogP) is 1.71. The Labute approximate surface area is 82.2 Å². The van der Waals surface area contributed by atoms with E-state index in [4.69, 9.17) is 11.5 Å². The van der Waals surface area contributed by atoms with E-state index < -0.39 is 0 Å². The summed E-state index contributed by atoms with van der Waals surface area (Å²) >= 11 is 1.53. The van der Waals surface area contributed by atoms with Crippen molar-refractivity contribution in [3.05, 3.63) is 11.1 Å². The zero-order valence-corrected chi connectivity index (χ0v) is 8.39. The summed E-state index contributed by atoms with van der Waals surface area (Å²) in [5.41, 5.74) is 12.7. The van der Waals surface area contributed by atoms with Crippen molar-refractivity contribution < 1.29 is 0 Å². The lowest BCUT2D eigenvalue weighted by molar-refractivity contribution is 0.389. The first kappa shape index (κ1) is 8.97. The predicted molar refractivity (Wildman–Crippen MR) is 55.7 cm³/mol. The lowest BCUT2D eigenvalue weighted by Crippen LogP contribution is -2.26. The molecule has 3 nitrogen and oxygen atoms in total. The molecule has 1 saturated carbocycles. The molecule has 2 atom stereocenters. The van der Waals surface area contributed by atoms with Crippen LogP contribution in [-0.4, -0.2) is 11.0 Å². The SMILES string of the molecule is Nc1nc([C@H]2CCC[C@@H](N)C2)cs1. The molecule has 1 aromatic heterocycles. The molecular formula is C9H15N3S. The first-order valence-electron chi connectivity index (χ1n) is 4.72. The molecule has 4 heteroatoms. The number of nitrogens with zero attached hydrogens (tertiary/aromatic N) is 1. The summed E-state index contributed by atoms with van der Waals surface area (Å²) in [5.74, 6) is 0.553. The third kappa shape index (κ3) is 2.00. The molecular weight excluding hydrogens is 182 g/mol. The van der Waals surface area contributed by atoms with Crippen molar-refractivity contribution in [1.82, 2.24) is 4.98 Å². The molecule has 1 aromatic rings. The fourth-order valence-corrected chi connectivity index (χ4v) is 2.63. The Kier molecular flexibility index (Phi) is 2.51. The van der Waals surface area contributed by atoms with E-state index >= 15 is 0 Å². The Morgan fingerprint density at radius 3 is 2.92 bits per heavy atom. The van der Waals surface area contributed by atoms with Crippen molar-refractivity contribution in [2.75, 3.05) is 5.73 Å². The van der Waals surface area contributed by atoms with Crippen molar-refractivity contribution in [3.8, 4) is 0 Å². The van der Waals surface area contributed by atoms with Crippen LogP contribution in [0.2, 0.25) is 0 Å². The monoisotopic (exact) mass is 197 g/mol. The second-order valence-electron chi connectivity index (χ2n) is 3.73. The Morgan fingerprint density at radius 2 is 2.31 bits per heavy atom. The van der Waals surface area contributed by atoms with Gasteiger partial charge < -0.3 is 11.5 Å². The van der Waals surface area contributed by atoms with Gasteiger partial charge in [-0.25, -0.2) is 4.98 Å². The minimum Gasteiger partial charge on any atom is -0.375 e. The van der Waals surface area contributed by atoms with Crippen LogP contribution in [0.1, 0.15) is 37.3 Å². The van der Waals surface area contributed by atoms with Gasteiger partial charge in [-0.1, -0.05) is 6.42 Å². The Bertz CT molecular complexity index is 284. The molecule has 0 bridgehead atoms. The highest BCUT2D eigenvalue weighted by Gasteiger charge is 2.22. The molecule has 0 spiro atoms. The van der Waals surface area contributed by atoms with Crippen molar-refractivity contribution >= 4 is 16.5 Å². The summed E-state index contributed by atoms with van der Waals surface area (Å²) < 4.78 is 0. The van der Waals surface area contributed by atoms with Crippen molar-refractivity contribution in [2.45, 2.75) is 37.6 Å². The number of rotatable bonds is 1. The van der Waals surface area contributed by atoms with E-state index in [0.29, 0.717) is 17.1 Å². The quantitative estimate of drug-likeness (QED) is 0.720. The van der Waals surface area contributed by atoms with Gasteiger partial charge in [0.25, 0.3) is 0 Å². The van der Waals surface area contributed by atoms with E-state index in [0.717, 1.165) is 18.5 Å². The van der Waals surface area contributed by atoms with Crippen molar-refractivity contribution in [1.29, 1.82) is 0 Å². The fourth-order valence-electron chi connectivity index (χ4n) is 1.98. The number of hydrogen-bond acceptors (Lipinski definition) is 4. The molecule has 1 fully saturated rings. The average Bonchev–Trinajstić information content (AvgIpc) is 2.52. The minimum absolute atomic E-state index is 0.363. The van der Waals surface area contributed by atoms with Gasteiger partial charge in [-0.3, -0.25) is 0 Å². The lowest BCUT2D eigenvalue weighted by atomic mass is 9.84. The van der Waals surface area contributed by atoms with Crippen LogP contribution < -0.4 is 11.5 Å². The van der Waals surface area contributed by atoms with Crippen LogP contribution in [0, 0.1) is 0 Å². The zero-order valence-electron chi connectivity index (χ0n) is 7.57. The highest BCUT2D eigenvalue weighted by molar-refractivity contribution is 7.13. The van der Waals surface area contributed by atoms with E-state index in [1.165, 1.54) is 24.2 Å². The summed E-state index contributed by atoms with van der Waals surface area (Å²) in [4.78, 5) is 4.31. The number of anilines is 1. The summed E-state index contributed by atoms with van der Waals surface area (Å²) in [7, 11) is 0. The molecule has 0 aliphatic heterocycles. The number of hydrogen-bond donors (Lipinski definition) is 2. The van der Waals surface area contributed by atoms with Gasteiger partial charge in [0.2, 0.25) is 0 Å². The van der Waals surface area contributed by atoms with Gasteiger partial charge in [0.1, 0.15) is 0 Å². The van der Waals surface area contributed by atoms with Crippen LogP contribution in [0.4, 0.5) is 5.13 Å². The van der Waals surface area contributed by atoms with Gasteiger partial charge in [0.05, 0.1) is 5.69 Å². The van der Waals surface area contributed by atoms with Gasteiger partial charge in [-0.05, 0) is 19.3 Å². The third-order valence-corrected chi connectivity index (χ3v) is 3.36. The summed E-state index contributed by atoms with van der Waals surface area (Å²) in [6.07, 6.45) is 4.68. The Hall–Kier alpha value is -0.610. The van der Waals surface area contributed by atoms with Gasteiger partial charge in [-0.15, -0.1) is 11.3 Å². The second kappa shape index (κ2) is 3.64. The van der Waals surface area contributed by atoms with Crippen molar-refractivity contribution in [3.63, 3.8) is 0 Å². The van der Waals surface area contributed by atoms with Crippen LogP contribution in [0.25, 0.3) is 0 Å². The van der Waals surface area contributed by atoms with Crippen LogP contribution in [0.5, 0.6) is 0 Å². The molecule has 1 heterocycles. The first-order valence-corrected chi connectivity index (χ1v) is 5.60. The molecule has 72 valence electrons. The maximum absolute atomic E-state index is 5.91. The van der Waals surface area contributed by atoms with E-state index in [1.807, 2.05) is 0 Å². The van der Waals surface area contributed by atoms with Gasteiger partial charge in [-0.2, -0.15) is 0 Å². The largest absolute Gasteiger partial charge is 0.375 e. The molecule has 2 rings (SSSR count). The standard InChI is InChI=1S/C9H15N3S/c10-7-3-1-2-6(4-7)8-5-13-9(11)12-8/h5-7H,1-4,10H2,(H2,11,12)/t6-,7+/m0/s1. The van der Waals surface area contributed by atoms with E-state index in [1.54, 1.807) is 0 Å². The maximum Gasteiger partial charge on any atom is 0.180 e. The highest BCUT2D eigenvalue weighted by atomic mass is 32.1. The van der Waals surface area contributed by atoms with Crippen LogP contribution in [-0.2, 0) is 0 Å². The van der Waals surface area contributed by atoms with Crippen LogP contribution in [0.15, 0.2) is 5.38 Å². The first-order chi connectivity index (χ1) is 6.25. The van der Waals surface area contributed by atoms with E-state index in [-0.39, 0.29) is 0 Å². The van der Waals surface area contributed by atoms with E-state index in [2.05, 4.69) is 10.4 Å². The van der Waals surface area contributed by atoms with Crippen LogP contribution >= 0.6 is 11.3 Å². The van der Waals surface area contributed by atoms with E-state index in [9.17, 15) is 0 Å². The average molecular weight is 197 g/mol. The Balaban J connectivity index is 2.08. The number of aromatic nitrogens is 1. The van der Waals surface area contributed by atoms with Gasteiger partial charge in [0, 0.05) is 17.3 Å². The molecule has 0 unspecified atom stereocenters. The summed E-state index contributed by atoms with van der Waals surface area (Å²) in [6.45, 7) is 0. The number of thiazole rings is 1. The zero-order chi connectivity index (χ0) is 9.26. The Morgan fingerprint density at radius 1 is 1.46 bits per heavy atom. The molecule has 4 N–H and O–H groups in total. The fraction of sp³-hybridized carbons (Fsp3) is 0.667.